The van der Waals surface area contributed by atoms with E-state index in [-0.39, 0.29) is 11.3 Å². The molecule has 1 aromatic heterocycles. The molecule has 0 spiro atoms. The van der Waals surface area contributed by atoms with Gasteiger partial charge in [0.1, 0.15) is 17.2 Å². The third-order valence-corrected chi connectivity index (χ3v) is 4.92. The average molecular weight is 453 g/mol. The Morgan fingerprint density at radius 3 is 2.39 bits per heavy atom. The van der Waals surface area contributed by atoms with E-state index in [1.165, 1.54) is 25.1 Å². The van der Waals surface area contributed by atoms with Gasteiger partial charge in [0, 0.05) is 11.8 Å². The minimum Gasteiger partial charge on any atom is -0.497 e. The highest BCUT2D eigenvalue weighted by Crippen LogP contribution is 2.35. The van der Waals surface area contributed by atoms with E-state index in [9.17, 15) is 18.0 Å². The summed E-state index contributed by atoms with van der Waals surface area (Å²) >= 11 is 0. The van der Waals surface area contributed by atoms with Crippen LogP contribution in [0.15, 0.2) is 66.9 Å². The number of halogens is 3. The van der Waals surface area contributed by atoms with E-state index in [4.69, 9.17) is 9.47 Å². The molecule has 0 radical (unpaired) electrons. The lowest BCUT2D eigenvalue weighted by Crippen LogP contribution is -2.14. The second-order valence-electron chi connectivity index (χ2n) is 6.91. The molecule has 3 aromatic carbocycles. The zero-order valence-corrected chi connectivity index (χ0v) is 17.6. The number of methoxy groups -OCH3 is 2. The molecule has 0 bridgehead atoms. The molecule has 4 aromatic rings. The Morgan fingerprint density at radius 1 is 0.939 bits per heavy atom. The van der Waals surface area contributed by atoms with Gasteiger partial charge in [-0.15, -0.1) is 0 Å². The van der Waals surface area contributed by atoms with Crippen LogP contribution in [-0.4, -0.2) is 29.9 Å². The highest BCUT2D eigenvalue weighted by Gasteiger charge is 2.24. The molecule has 0 aliphatic heterocycles. The first kappa shape index (κ1) is 21.9. The Morgan fingerprint density at radius 2 is 1.70 bits per heavy atom. The zero-order valence-electron chi connectivity index (χ0n) is 17.6. The third kappa shape index (κ3) is 4.25. The SMILES string of the molecule is COc1ccc(OC)c(-c2nn(-c3ccccc3)cc2C(=O)Nc2ccc(F)c(F)c2F)c1. The Kier molecular flexibility index (Phi) is 6.03. The van der Waals surface area contributed by atoms with Crippen molar-refractivity contribution in [2.24, 2.45) is 0 Å². The highest BCUT2D eigenvalue weighted by molar-refractivity contribution is 6.08. The third-order valence-electron chi connectivity index (χ3n) is 4.92. The van der Waals surface area contributed by atoms with Gasteiger partial charge in [-0.25, -0.2) is 17.9 Å². The largest absolute Gasteiger partial charge is 0.497 e. The quantitative estimate of drug-likeness (QED) is 0.406. The van der Waals surface area contributed by atoms with Crippen molar-refractivity contribution in [3.63, 3.8) is 0 Å². The van der Waals surface area contributed by atoms with E-state index >= 15 is 0 Å². The highest BCUT2D eigenvalue weighted by atomic mass is 19.2. The minimum absolute atomic E-state index is 0.0505. The van der Waals surface area contributed by atoms with E-state index in [1.807, 2.05) is 6.07 Å². The summed E-state index contributed by atoms with van der Waals surface area (Å²) in [7, 11) is 2.96. The number of nitrogens with zero attached hydrogens (tertiary/aromatic N) is 2. The van der Waals surface area contributed by atoms with Crippen LogP contribution in [0.25, 0.3) is 16.9 Å². The van der Waals surface area contributed by atoms with Crippen molar-refractivity contribution in [2.45, 2.75) is 0 Å². The Balaban J connectivity index is 1.85. The van der Waals surface area contributed by atoms with Gasteiger partial charge in [0.2, 0.25) is 0 Å². The summed E-state index contributed by atoms with van der Waals surface area (Å²) in [5.41, 5.74) is 0.876. The molecule has 0 fully saturated rings. The maximum absolute atomic E-state index is 14.2. The van der Waals surface area contributed by atoms with Crippen molar-refractivity contribution in [3.05, 3.63) is 89.9 Å². The van der Waals surface area contributed by atoms with Gasteiger partial charge in [0.25, 0.3) is 5.91 Å². The molecule has 1 amide bonds. The zero-order chi connectivity index (χ0) is 23.5. The first-order valence-electron chi connectivity index (χ1n) is 9.75. The molecule has 1 N–H and O–H groups in total. The predicted octanol–water partition coefficient (Wildman–Crippen LogP) is 5.23. The van der Waals surface area contributed by atoms with Crippen molar-refractivity contribution in [2.75, 3.05) is 19.5 Å². The smallest absolute Gasteiger partial charge is 0.259 e. The van der Waals surface area contributed by atoms with Crippen molar-refractivity contribution in [1.82, 2.24) is 9.78 Å². The molecule has 33 heavy (non-hydrogen) atoms. The molecular formula is C24H18F3N3O3. The number of anilines is 1. The molecule has 0 aliphatic rings. The predicted molar refractivity (Wildman–Crippen MR) is 116 cm³/mol. The maximum atomic E-state index is 14.2. The van der Waals surface area contributed by atoms with Gasteiger partial charge < -0.3 is 14.8 Å². The van der Waals surface area contributed by atoms with Gasteiger partial charge in [-0.2, -0.15) is 5.10 Å². The van der Waals surface area contributed by atoms with Crippen LogP contribution in [-0.2, 0) is 0 Å². The Labute approximate surface area is 187 Å². The topological polar surface area (TPSA) is 65.4 Å². The molecule has 6 nitrogen and oxygen atoms in total. The number of carbonyl (C=O) groups is 1. The molecular weight excluding hydrogens is 435 g/mol. The first-order chi connectivity index (χ1) is 15.9. The van der Waals surface area contributed by atoms with Crippen molar-refractivity contribution >= 4 is 11.6 Å². The minimum atomic E-state index is -1.68. The van der Waals surface area contributed by atoms with Crippen LogP contribution in [0.3, 0.4) is 0 Å². The fraction of sp³-hybridized carbons (Fsp3) is 0.0833. The second-order valence-corrected chi connectivity index (χ2v) is 6.91. The maximum Gasteiger partial charge on any atom is 0.259 e. The number of rotatable bonds is 6. The first-order valence-corrected chi connectivity index (χ1v) is 9.75. The number of aromatic nitrogens is 2. The van der Waals surface area contributed by atoms with E-state index in [1.54, 1.807) is 42.5 Å². The van der Waals surface area contributed by atoms with Crippen LogP contribution in [0.1, 0.15) is 10.4 Å². The number of amides is 1. The molecule has 0 saturated carbocycles. The fourth-order valence-corrected chi connectivity index (χ4v) is 3.26. The molecule has 4 rings (SSSR count). The summed E-state index contributed by atoms with van der Waals surface area (Å²) in [5.74, 6) is -4.40. The lowest BCUT2D eigenvalue weighted by atomic mass is 10.1. The summed E-state index contributed by atoms with van der Waals surface area (Å²) in [5, 5.41) is 6.83. The number of hydrogen-bond acceptors (Lipinski definition) is 4. The molecule has 0 unspecified atom stereocenters. The molecule has 9 heteroatoms. The van der Waals surface area contributed by atoms with Gasteiger partial charge >= 0.3 is 0 Å². The lowest BCUT2D eigenvalue weighted by Gasteiger charge is -2.11. The van der Waals surface area contributed by atoms with E-state index in [0.29, 0.717) is 22.7 Å². The number of benzene rings is 3. The van der Waals surface area contributed by atoms with Crippen molar-refractivity contribution < 1.29 is 27.4 Å². The number of para-hydroxylation sites is 1. The normalized spacial score (nSPS) is 10.7. The Hall–Kier alpha value is -4.27. The summed E-state index contributed by atoms with van der Waals surface area (Å²) in [4.78, 5) is 13.1. The molecule has 0 aliphatic carbocycles. The summed E-state index contributed by atoms with van der Waals surface area (Å²) in [6, 6.07) is 15.7. The number of carbonyl (C=O) groups excluding carboxylic acids is 1. The van der Waals surface area contributed by atoms with Crippen LogP contribution >= 0.6 is 0 Å². The average Bonchev–Trinajstić information content (AvgIpc) is 3.30. The molecule has 168 valence electrons. The van der Waals surface area contributed by atoms with Crippen molar-refractivity contribution in [3.8, 4) is 28.4 Å². The van der Waals surface area contributed by atoms with Crippen LogP contribution < -0.4 is 14.8 Å². The molecule has 0 saturated heterocycles. The van der Waals surface area contributed by atoms with Gasteiger partial charge in [-0.1, -0.05) is 18.2 Å². The molecule has 1 heterocycles. The van der Waals surface area contributed by atoms with Crippen LogP contribution in [0.5, 0.6) is 11.5 Å². The monoisotopic (exact) mass is 453 g/mol. The van der Waals surface area contributed by atoms with Crippen LogP contribution in [0.4, 0.5) is 18.9 Å². The fourth-order valence-electron chi connectivity index (χ4n) is 3.26. The van der Waals surface area contributed by atoms with E-state index < -0.39 is 29.0 Å². The summed E-state index contributed by atoms with van der Waals surface area (Å²) < 4.78 is 53.3. The Bertz CT molecular complexity index is 1320. The number of ether oxygens (including phenoxy) is 2. The lowest BCUT2D eigenvalue weighted by molar-refractivity contribution is 0.102. The van der Waals surface area contributed by atoms with E-state index in [0.717, 1.165) is 12.1 Å². The van der Waals surface area contributed by atoms with Gasteiger partial charge in [-0.05, 0) is 42.5 Å². The van der Waals surface area contributed by atoms with Gasteiger partial charge in [-0.3, -0.25) is 4.79 Å². The number of hydrogen-bond donors (Lipinski definition) is 1. The van der Waals surface area contributed by atoms with Crippen LogP contribution in [0.2, 0.25) is 0 Å². The summed E-state index contributed by atoms with van der Waals surface area (Å²) in [6.07, 6.45) is 1.46. The second kappa shape index (κ2) is 9.07. The number of nitrogens with one attached hydrogen (secondary N) is 1. The molecule has 0 atom stereocenters. The summed E-state index contributed by atoms with van der Waals surface area (Å²) in [6.45, 7) is 0. The van der Waals surface area contributed by atoms with Crippen molar-refractivity contribution in [1.29, 1.82) is 0 Å². The van der Waals surface area contributed by atoms with Gasteiger partial charge in [0.05, 0.1) is 31.2 Å². The van der Waals surface area contributed by atoms with E-state index in [2.05, 4.69) is 10.4 Å². The standard InChI is InChI=1S/C24H18F3N3O3/c1-32-15-8-11-20(33-2)16(12-15)23-17(13-30(29-23)14-6-4-3-5-7-14)24(31)28-19-10-9-18(25)21(26)22(19)27/h3-13H,1-2H3,(H,28,31). The van der Waals surface area contributed by atoms with Crippen LogP contribution in [0, 0.1) is 17.5 Å². The van der Waals surface area contributed by atoms with Gasteiger partial charge in [0.15, 0.2) is 17.5 Å².